The molecule has 0 aliphatic carbocycles. The van der Waals surface area contributed by atoms with Crippen LogP contribution in [0, 0.1) is 0 Å². The van der Waals surface area contributed by atoms with Crippen LogP contribution in [0.5, 0.6) is 5.75 Å². The van der Waals surface area contributed by atoms with Gasteiger partial charge in [0, 0.05) is 0 Å². The van der Waals surface area contributed by atoms with Gasteiger partial charge in [0.05, 0.1) is 22.2 Å². The maximum atomic E-state index is 12.9. The number of para-hydroxylation sites is 1. The zero-order valence-corrected chi connectivity index (χ0v) is 14.4. The van der Waals surface area contributed by atoms with Crippen LogP contribution in [0.2, 0.25) is 5.02 Å². The van der Waals surface area contributed by atoms with Gasteiger partial charge in [-0.1, -0.05) is 23.7 Å². The quantitative estimate of drug-likeness (QED) is 0.811. The van der Waals surface area contributed by atoms with Gasteiger partial charge >= 0.3 is 5.97 Å². The van der Waals surface area contributed by atoms with E-state index >= 15 is 0 Å². The van der Waals surface area contributed by atoms with Crippen molar-refractivity contribution in [3.63, 3.8) is 0 Å². The van der Waals surface area contributed by atoms with Crippen molar-refractivity contribution in [1.82, 2.24) is 0 Å². The lowest BCUT2D eigenvalue weighted by Gasteiger charge is -2.23. The Labute approximate surface area is 145 Å². The van der Waals surface area contributed by atoms with Crippen LogP contribution >= 0.6 is 11.6 Å². The number of ether oxygens (including phenoxy) is 1. The predicted octanol–water partition coefficient (Wildman–Crippen LogP) is 3.02. The van der Waals surface area contributed by atoms with Crippen molar-refractivity contribution in [3.05, 3.63) is 53.6 Å². The molecule has 1 N–H and O–H groups in total. The summed E-state index contributed by atoms with van der Waals surface area (Å²) in [6.07, 6.45) is 0. The van der Waals surface area contributed by atoms with E-state index in [0.717, 1.165) is 4.31 Å². The van der Waals surface area contributed by atoms with Crippen LogP contribution in [-0.2, 0) is 14.8 Å². The number of hydrogen-bond acceptors (Lipinski definition) is 4. The number of hydrogen-bond donors (Lipinski definition) is 1. The number of rotatable bonds is 7. The second kappa shape index (κ2) is 7.55. The highest BCUT2D eigenvalue weighted by molar-refractivity contribution is 7.92. The fourth-order valence-corrected chi connectivity index (χ4v) is 3.80. The Balaban J connectivity index is 2.47. The number of carboxylic acids is 1. The molecule has 0 aliphatic heterocycles. The van der Waals surface area contributed by atoms with Gasteiger partial charge in [-0.2, -0.15) is 0 Å². The minimum atomic E-state index is -4.09. The smallest absolute Gasteiger partial charge is 0.324 e. The minimum Gasteiger partial charge on any atom is -0.494 e. The van der Waals surface area contributed by atoms with Crippen molar-refractivity contribution < 1.29 is 23.1 Å². The van der Waals surface area contributed by atoms with Crippen molar-refractivity contribution >= 4 is 33.3 Å². The highest BCUT2D eigenvalue weighted by Gasteiger charge is 2.28. The van der Waals surface area contributed by atoms with Gasteiger partial charge in [0.25, 0.3) is 10.0 Å². The Morgan fingerprint density at radius 2 is 1.79 bits per heavy atom. The predicted molar refractivity (Wildman–Crippen MR) is 91.2 cm³/mol. The van der Waals surface area contributed by atoms with Gasteiger partial charge in [-0.15, -0.1) is 0 Å². The Bertz CT molecular complexity index is 821. The molecule has 2 aromatic carbocycles. The second-order valence-electron chi connectivity index (χ2n) is 4.76. The van der Waals surface area contributed by atoms with Crippen LogP contribution < -0.4 is 9.04 Å². The molecule has 0 unspecified atom stereocenters. The van der Waals surface area contributed by atoms with Gasteiger partial charge in [-0.25, -0.2) is 8.42 Å². The first-order chi connectivity index (χ1) is 11.4. The molecule has 0 atom stereocenters. The van der Waals surface area contributed by atoms with Gasteiger partial charge in [0.2, 0.25) is 0 Å². The molecule has 0 aromatic heterocycles. The monoisotopic (exact) mass is 369 g/mol. The van der Waals surface area contributed by atoms with E-state index in [4.69, 9.17) is 21.4 Å². The third kappa shape index (κ3) is 3.98. The third-order valence-corrected chi connectivity index (χ3v) is 5.22. The van der Waals surface area contributed by atoms with Gasteiger partial charge in [0.1, 0.15) is 12.3 Å². The van der Waals surface area contributed by atoms with Crippen molar-refractivity contribution in [2.45, 2.75) is 11.8 Å². The molecule has 0 fully saturated rings. The molecule has 0 aliphatic rings. The van der Waals surface area contributed by atoms with Crippen molar-refractivity contribution in [2.75, 3.05) is 17.5 Å². The van der Waals surface area contributed by atoms with Crippen LogP contribution in [0.3, 0.4) is 0 Å². The lowest BCUT2D eigenvalue weighted by Crippen LogP contribution is -2.35. The number of benzene rings is 2. The molecule has 24 heavy (non-hydrogen) atoms. The first kappa shape index (κ1) is 18.1. The van der Waals surface area contributed by atoms with E-state index in [0.29, 0.717) is 12.4 Å². The number of anilines is 1. The number of nitrogens with zero attached hydrogens (tertiary/aromatic N) is 1. The molecule has 0 heterocycles. The molecular formula is C16H16ClNO5S. The lowest BCUT2D eigenvalue weighted by molar-refractivity contribution is -0.135. The summed E-state index contributed by atoms with van der Waals surface area (Å²) < 4.78 is 31.8. The molecule has 0 bridgehead atoms. The largest absolute Gasteiger partial charge is 0.494 e. The second-order valence-corrected chi connectivity index (χ2v) is 7.03. The summed E-state index contributed by atoms with van der Waals surface area (Å²) in [5, 5.41) is 9.24. The zero-order valence-electron chi connectivity index (χ0n) is 12.8. The zero-order chi connectivity index (χ0) is 17.7. The SMILES string of the molecule is CCOc1ccc(S(=O)(=O)N(CC(=O)O)c2ccccc2Cl)cc1. The summed E-state index contributed by atoms with van der Waals surface area (Å²) in [6, 6.07) is 11.9. The van der Waals surface area contributed by atoms with Crippen LogP contribution in [0.15, 0.2) is 53.4 Å². The maximum absolute atomic E-state index is 12.9. The van der Waals surface area contributed by atoms with E-state index < -0.39 is 22.5 Å². The van der Waals surface area contributed by atoms with E-state index in [1.54, 1.807) is 12.1 Å². The van der Waals surface area contributed by atoms with Gasteiger partial charge in [-0.05, 0) is 43.3 Å². The summed E-state index contributed by atoms with van der Waals surface area (Å²) in [6.45, 7) is 1.53. The highest BCUT2D eigenvalue weighted by Crippen LogP contribution is 2.30. The number of carbonyl (C=O) groups is 1. The Hall–Kier alpha value is -2.25. The first-order valence-electron chi connectivity index (χ1n) is 7.08. The summed E-state index contributed by atoms with van der Waals surface area (Å²) >= 11 is 6.04. The fourth-order valence-electron chi connectivity index (χ4n) is 2.08. The average molecular weight is 370 g/mol. The highest BCUT2D eigenvalue weighted by atomic mass is 35.5. The molecule has 0 amide bonds. The Kier molecular flexibility index (Phi) is 5.69. The third-order valence-electron chi connectivity index (χ3n) is 3.12. The lowest BCUT2D eigenvalue weighted by atomic mass is 10.3. The average Bonchev–Trinajstić information content (AvgIpc) is 2.54. The van der Waals surface area contributed by atoms with Crippen LogP contribution in [-0.4, -0.2) is 32.6 Å². The van der Waals surface area contributed by atoms with E-state index in [1.807, 2.05) is 6.92 Å². The number of sulfonamides is 1. The molecule has 8 heteroatoms. The van der Waals surface area contributed by atoms with E-state index in [9.17, 15) is 13.2 Å². The normalized spacial score (nSPS) is 11.1. The van der Waals surface area contributed by atoms with E-state index in [-0.39, 0.29) is 15.6 Å². The molecule has 2 rings (SSSR count). The standard InChI is InChI=1S/C16H16ClNO5S/c1-2-23-12-7-9-13(10-8-12)24(21,22)18(11-16(19)20)15-6-4-3-5-14(15)17/h3-10H,2,11H2,1H3,(H,19,20). The summed E-state index contributed by atoms with van der Waals surface area (Å²) in [5.41, 5.74) is 0.107. The molecular weight excluding hydrogens is 354 g/mol. The molecule has 128 valence electrons. The molecule has 0 spiro atoms. The molecule has 0 saturated carbocycles. The summed E-state index contributed by atoms with van der Waals surface area (Å²) in [4.78, 5) is 11.1. The van der Waals surface area contributed by atoms with Crippen LogP contribution in [0.4, 0.5) is 5.69 Å². The van der Waals surface area contributed by atoms with E-state index in [2.05, 4.69) is 0 Å². The minimum absolute atomic E-state index is 0.0490. The fraction of sp³-hybridized carbons (Fsp3) is 0.188. The number of halogens is 1. The molecule has 6 nitrogen and oxygen atoms in total. The Morgan fingerprint density at radius 1 is 1.17 bits per heavy atom. The summed E-state index contributed by atoms with van der Waals surface area (Å²) in [7, 11) is -4.09. The maximum Gasteiger partial charge on any atom is 0.324 e. The Morgan fingerprint density at radius 3 is 2.33 bits per heavy atom. The van der Waals surface area contributed by atoms with Crippen molar-refractivity contribution in [1.29, 1.82) is 0 Å². The van der Waals surface area contributed by atoms with Crippen molar-refractivity contribution in [2.24, 2.45) is 0 Å². The summed E-state index contributed by atoms with van der Waals surface area (Å²) in [5.74, 6) is -0.761. The van der Waals surface area contributed by atoms with Crippen molar-refractivity contribution in [3.8, 4) is 5.75 Å². The van der Waals surface area contributed by atoms with Gasteiger partial charge in [0.15, 0.2) is 0 Å². The topological polar surface area (TPSA) is 83.9 Å². The molecule has 2 aromatic rings. The van der Waals surface area contributed by atoms with E-state index in [1.165, 1.54) is 36.4 Å². The van der Waals surface area contributed by atoms with Crippen LogP contribution in [0.25, 0.3) is 0 Å². The first-order valence-corrected chi connectivity index (χ1v) is 8.90. The molecule has 0 saturated heterocycles. The number of aliphatic carboxylic acids is 1. The van der Waals surface area contributed by atoms with Gasteiger partial charge in [-0.3, -0.25) is 9.10 Å². The molecule has 0 radical (unpaired) electrons. The van der Waals surface area contributed by atoms with Gasteiger partial charge < -0.3 is 9.84 Å². The van der Waals surface area contributed by atoms with Crippen LogP contribution in [0.1, 0.15) is 6.92 Å². The number of carboxylic acid groups (broad SMARTS) is 1.